The zero-order chi connectivity index (χ0) is 21.4. The summed E-state index contributed by atoms with van der Waals surface area (Å²) < 4.78 is 64.2. The molecule has 3 rings (SSSR count). The summed E-state index contributed by atoms with van der Waals surface area (Å²) in [4.78, 5) is 19.0. The fourth-order valence-electron chi connectivity index (χ4n) is 2.50. The molecular formula is C18H13ClF3N3O3S. The van der Waals surface area contributed by atoms with Gasteiger partial charge in [-0.3, -0.25) is 4.79 Å². The van der Waals surface area contributed by atoms with E-state index >= 15 is 0 Å². The molecule has 0 fully saturated rings. The number of pyridine rings is 1. The Morgan fingerprint density at radius 2 is 1.79 bits per heavy atom. The third-order valence-corrected chi connectivity index (χ3v) is 5.12. The van der Waals surface area contributed by atoms with E-state index in [1.54, 1.807) is 24.3 Å². The van der Waals surface area contributed by atoms with Gasteiger partial charge in [-0.05, 0) is 23.8 Å². The van der Waals surface area contributed by atoms with Crippen molar-refractivity contribution in [2.45, 2.75) is 17.9 Å². The average Bonchev–Trinajstić information content (AvgIpc) is 2.63. The summed E-state index contributed by atoms with van der Waals surface area (Å²) in [5.41, 5.74) is -1.34. The van der Waals surface area contributed by atoms with Gasteiger partial charge in [-0.15, -0.1) is 0 Å². The molecule has 0 spiro atoms. The number of hydrogen-bond donors (Lipinski definition) is 0. The number of nitrogens with zero attached hydrogens (tertiary/aromatic N) is 3. The van der Waals surface area contributed by atoms with Crippen LogP contribution in [0.2, 0.25) is 5.02 Å². The molecule has 0 bridgehead atoms. The van der Waals surface area contributed by atoms with Gasteiger partial charge in [-0.2, -0.15) is 13.2 Å². The molecule has 0 aliphatic rings. The molecule has 0 amide bonds. The summed E-state index contributed by atoms with van der Waals surface area (Å²) in [6, 6.07) is 9.85. The molecule has 3 aromatic rings. The SMILES string of the molecule is CS(=O)(=O)c1nc(-c2ccc(=O)n(Cc3ccccc3Cl)c2)cc(C(F)(F)F)n1. The van der Waals surface area contributed by atoms with Crippen LogP contribution in [0.15, 0.2) is 58.6 Å². The van der Waals surface area contributed by atoms with Crippen molar-refractivity contribution in [3.63, 3.8) is 0 Å². The maximum absolute atomic E-state index is 13.2. The highest BCUT2D eigenvalue weighted by Crippen LogP contribution is 2.31. The summed E-state index contributed by atoms with van der Waals surface area (Å²) in [7, 11) is -4.10. The van der Waals surface area contributed by atoms with E-state index < -0.39 is 32.4 Å². The first-order valence-corrected chi connectivity index (χ1v) is 10.3. The Labute approximate surface area is 168 Å². The van der Waals surface area contributed by atoms with Crippen molar-refractivity contribution in [3.8, 4) is 11.3 Å². The molecule has 0 unspecified atom stereocenters. The molecule has 0 aliphatic heterocycles. The van der Waals surface area contributed by atoms with Gasteiger partial charge in [0.2, 0.25) is 15.0 Å². The van der Waals surface area contributed by atoms with E-state index in [4.69, 9.17) is 11.6 Å². The summed E-state index contributed by atoms with van der Waals surface area (Å²) >= 11 is 6.10. The maximum atomic E-state index is 13.2. The Bertz CT molecular complexity index is 1240. The number of aromatic nitrogens is 3. The second-order valence-electron chi connectivity index (χ2n) is 6.17. The normalized spacial score (nSPS) is 12.2. The van der Waals surface area contributed by atoms with Crippen LogP contribution in [0.3, 0.4) is 0 Å². The summed E-state index contributed by atoms with van der Waals surface area (Å²) in [6.07, 6.45) is -2.87. The molecule has 0 N–H and O–H groups in total. The van der Waals surface area contributed by atoms with Crippen LogP contribution in [0.1, 0.15) is 11.3 Å². The van der Waals surface area contributed by atoms with Crippen LogP contribution >= 0.6 is 11.6 Å². The molecule has 0 saturated carbocycles. The minimum absolute atomic E-state index is 0.0719. The Morgan fingerprint density at radius 3 is 2.41 bits per heavy atom. The molecule has 0 radical (unpaired) electrons. The van der Waals surface area contributed by atoms with Crippen molar-refractivity contribution in [2.24, 2.45) is 0 Å². The molecule has 6 nitrogen and oxygen atoms in total. The standard InChI is InChI=1S/C18H13ClF3N3O3S/c1-29(27,28)17-23-14(8-15(24-17)18(20,21)22)12-6-7-16(26)25(10-12)9-11-4-2-3-5-13(11)19/h2-8,10H,9H2,1H3. The lowest BCUT2D eigenvalue weighted by Gasteiger charge is -2.12. The van der Waals surface area contributed by atoms with Crippen molar-refractivity contribution < 1.29 is 21.6 Å². The molecule has 1 aromatic carbocycles. The lowest BCUT2D eigenvalue weighted by molar-refractivity contribution is -0.141. The lowest BCUT2D eigenvalue weighted by atomic mass is 10.1. The predicted molar refractivity (Wildman–Crippen MR) is 100 cm³/mol. The van der Waals surface area contributed by atoms with Crippen LogP contribution in [0.4, 0.5) is 13.2 Å². The minimum Gasteiger partial charge on any atom is -0.310 e. The van der Waals surface area contributed by atoms with Crippen molar-refractivity contribution in [1.29, 1.82) is 0 Å². The van der Waals surface area contributed by atoms with E-state index in [0.717, 1.165) is 6.07 Å². The van der Waals surface area contributed by atoms with Gasteiger partial charge in [-0.25, -0.2) is 18.4 Å². The minimum atomic E-state index is -4.87. The number of rotatable bonds is 4. The second-order valence-corrected chi connectivity index (χ2v) is 8.48. The van der Waals surface area contributed by atoms with Gasteiger partial charge in [0.05, 0.1) is 12.2 Å². The number of halogens is 4. The van der Waals surface area contributed by atoms with Gasteiger partial charge in [0, 0.05) is 29.1 Å². The molecule has 0 saturated heterocycles. The van der Waals surface area contributed by atoms with Gasteiger partial charge in [0.25, 0.3) is 5.56 Å². The molecule has 2 aromatic heterocycles. The third-order valence-electron chi connectivity index (χ3n) is 3.91. The van der Waals surface area contributed by atoms with Gasteiger partial charge in [-0.1, -0.05) is 29.8 Å². The lowest BCUT2D eigenvalue weighted by Crippen LogP contribution is -2.19. The van der Waals surface area contributed by atoms with Crippen molar-refractivity contribution >= 4 is 21.4 Å². The van der Waals surface area contributed by atoms with Crippen LogP contribution in [0, 0.1) is 0 Å². The number of benzene rings is 1. The van der Waals surface area contributed by atoms with E-state index in [-0.39, 0.29) is 17.8 Å². The van der Waals surface area contributed by atoms with Crippen molar-refractivity contribution in [3.05, 3.63) is 75.3 Å². The Morgan fingerprint density at radius 1 is 1.10 bits per heavy atom. The Balaban J connectivity index is 2.14. The fraction of sp³-hybridized carbons (Fsp3) is 0.167. The number of alkyl halides is 3. The Kier molecular flexibility index (Phi) is 5.50. The van der Waals surface area contributed by atoms with E-state index in [9.17, 15) is 26.4 Å². The zero-order valence-corrected chi connectivity index (χ0v) is 16.4. The summed E-state index contributed by atoms with van der Waals surface area (Å²) in [5, 5.41) is -0.531. The molecule has 152 valence electrons. The average molecular weight is 444 g/mol. The van der Waals surface area contributed by atoms with Crippen LogP contribution < -0.4 is 5.56 Å². The monoisotopic (exact) mass is 443 g/mol. The number of sulfone groups is 1. The highest BCUT2D eigenvalue weighted by Gasteiger charge is 2.35. The van der Waals surface area contributed by atoms with Gasteiger partial charge in [0.15, 0.2) is 0 Å². The molecule has 0 atom stereocenters. The third kappa shape index (κ3) is 4.83. The van der Waals surface area contributed by atoms with Crippen LogP contribution in [-0.2, 0) is 22.6 Å². The Hall–Kier alpha value is -2.72. The molecule has 2 heterocycles. The van der Waals surface area contributed by atoms with E-state index in [1.165, 1.54) is 16.8 Å². The largest absolute Gasteiger partial charge is 0.433 e. The van der Waals surface area contributed by atoms with Crippen molar-refractivity contribution in [2.75, 3.05) is 6.26 Å². The second kappa shape index (κ2) is 7.60. The number of hydrogen-bond acceptors (Lipinski definition) is 5. The first kappa shape index (κ1) is 21.0. The fourth-order valence-corrected chi connectivity index (χ4v) is 3.22. The molecule has 29 heavy (non-hydrogen) atoms. The first-order valence-electron chi connectivity index (χ1n) is 8.06. The molecule has 0 aliphatic carbocycles. The quantitative estimate of drug-likeness (QED) is 0.577. The van der Waals surface area contributed by atoms with Crippen LogP contribution in [0.25, 0.3) is 11.3 Å². The van der Waals surface area contributed by atoms with Crippen molar-refractivity contribution in [1.82, 2.24) is 14.5 Å². The van der Waals surface area contributed by atoms with Gasteiger partial charge < -0.3 is 4.57 Å². The topological polar surface area (TPSA) is 81.9 Å². The highest BCUT2D eigenvalue weighted by molar-refractivity contribution is 7.90. The molecular weight excluding hydrogens is 431 g/mol. The predicted octanol–water partition coefficient (Wildman–Crippen LogP) is 3.43. The summed E-state index contributed by atoms with van der Waals surface area (Å²) in [5.74, 6) is 0. The van der Waals surface area contributed by atoms with E-state index in [0.29, 0.717) is 22.9 Å². The maximum Gasteiger partial charge on any atom is 0.433 e. The highest BCUT2D eigenvalue weighted by atomic mass is 35.5. The van der Waals surface area contributed by atoms with Crippen LogP contribution in [0.5, 0.6) is 0 Å². The molecule has 11 heteroatoms. The van der Waals surface area contributed by atoms with Gasteiger partial charge in [0.1, 0.15) is 5.69 Å². The van der Waals surface area contributed by atoms with Crippen LogP contribution in [-0.4, -0.2) is 29.2 Å². The smallest absolute Gasteiger partial charge is 0.310 e. The van der Waals surface area contributed by atoms with E-state index in [1.807, 2.05) is 0 Å². The zero-order valence-electron chi connectivity index (χ0n) is 14.8. The van der Waals surface area contributed by atoms with Gasteiger partial charge >= 0.3 is 6.18 Å². The van der Waals surface area contributed by atoms with E-state index in [2.05, 4.69) is 9.97 Å². The summed E-state index contributed by atoms with van der Waals surface area (Å²) in [6.45, 7) is 0.0719. The first-order chi connectivity index (χ1) is 13.4.